The van der Waals surface area contributed by atoms with Crippen molar-refractivity contribution < 1.29 is 0 Å². The molecule has 0 amide bonds. The fourth-order valence-corrected chi connectivity index (χ4v) is 2.71. The molecule has 1 aromatic heterocycles. The maximum absolute atomic E-state index is 5.70. The molecule has 16 heavy (non-hydrogen) atoms. The van der Waals surface area contributed by atoms with Gasteiger partial charge in [-0.15, -0.1) is 10.2 Å². The van der Waals surface area contributed by atoms with Crippen molar-refractivity contribution in [3.05, 3.63) is 34.6 Å². The Bertz CT molecular complexity index is 497. The number of hydrogen-bond donors (Lipinski definition) is 1. The van der Waals surface area contributed by atoms with Gasteiger partial charge in [-0.25, -0.2) is 0 Å². The van der Waals surface area contributed by atoms with Crippen LogP contribution in [0.2, 0.25) is 0 Å². The number of hydrogen-bond acceptors (Lipinski definition) is 4. The lowest BCUT2D eigenvalue weighted by Crippen LogP contribution is -1.99. The minimum atomic E-state index is 0.521. The van der Waals surface area contributed by atoms with Gasteiger partial charge in [0.25, 0.3) is 0 Å². The summed E-state index contributed by atoms with van der Waals surface area (Å²) < 4.78 is 2.92. The molecule has 0 aliphatic rings. The van der Waals surface area contributed by atoms with Crippen molar-refractivity contribution in [2.24, 2.45) is 12.8 Å². The summed E-state index contributed by atoms with van der Waals surface area (Å²) in [6.07, 6.45) is 1.68. The third kappa shape index (κ3) is 2.45. The SMILES string of the molecule is Cn1cnnc1Sc1cc(Br)ccc1CN. The second-order valence-electron chi connectivity index (χ2n) is 3.28. The van der Waals surface area contributed by atoms with E-state index in [1.54, 1.807) is 18.1 Å². The lowest BCUT2D eigenvalue weighted by Gasteiger charge is -2.07. The third-order valence-corrected chi connectivity index (χ3v) is 3.77. The average Bonchev–Trinajstić information content (AvgIpc) is 2.65. The van der Waals surface area contributed by atoms with E-state index in [0.29, 0.717) is 6.54 Å². The van der Waals surface area contributed by atoms with Crippen molar-refractivity contribution in [2.45, 2.75) is 16.6 Å². The van der Waals surface area contributed by atoms with E-state index in [9.17, 15) is 0 Å². The predicted octanol–water partition coefficient (Wildman–Crippen LogP) is 2.19. The largest absolute Gasteiger partial charge is 0.326 e. The number of rotatable bonds is 3. The van der Waals surface area contributed by atoms with Gasteiger partial charge in [-0.1, -0.05) is 22.0 Å². The zero-order valence-corrected chi connectivity index (χ0v) is 11.1. The molecule has 1 aromatic carbocycles. The van der Waals surface area contributed by atoms with Crippen molar-refractivity contribution in [3.63, 3.8) is 0 Å². The van der Waals surface area contributed by atoms with E-state index in [4.69, 9.17) is 5.73 Å². The molecule has 2 aromatic rings. The van der Waals surface area contributed by atoms with Crippen LogP contribution >= 0.6 is 27.7 Å². The number of aryl methyl sites for hydroxylation is 1. The Kier molecular flexibility index (Phi) is 3.63. The van der Waals surface area contributed by atoms with E-state index in [1.807, 2.05) is 29.8 Å². The van der Waals surface area contributed by atoms with Crippen LogP contribution in [0.15, 0.2) is 39.1 Å². The van der Waals surface area contributed by atoms with Gasteiger partial charge in [0, 0.05) is 23.0 Å². The molecule has 0 radical (unpaired) electrons. The first-order chi connectivity index (χ1) is 7.70. The van der Waals surface area contributed by atoms with Crippen LogP contribution in [-0.4, -0.2) is 14.8 Å². The van der Waals surface area contributed by atoms with Gasteiger partial charge >= 0.3 is 0 Å². The van der Waals surface area contributed by atoms with Crippen LogP contribution in [-0.2, 0) is 13.6 Å². The van der Waals surface area contributed by atoms with Crippen LogP contribution in [0.3, 0.4) is 0 Å². The summed E-state index contributed by atoms with van der Waals surface area (Å²) >= 11 is 5.02. The first-order valence-corrected chi connectivity index (χ1v) is 6.32. The fraction of sp³-hybridized carbons (Fsp3) is 0.200. The minimum absolute atomic E-state index is 0.521. The maximum atomic E-state index is 5.70. The molecule has 0 unspecified atom stereocenters. The standard InChI is InChI=1S/C10H11BrN4S/c1-15-6-13-14-10(15)16-9-4-8(11)3-2-7(9)5-12/h2-4,6H,5,12H2,1H3. The van der Waals surface area contributed by atoms with Crippen LogP contribution in [0, 0.1) is 0 Å². The van der Waals surface area contributed by atoms with Gasteiger partial charge in [-0.3, -0.25) is 0 Å². The van der Waals surface area contributed by atoms with E-state index in [1.165, 1.54) is 0 Å². The van der Waals surface area contributed by atoms with Gasteiger partial charge in [0.05, 0.1) is 0 Å². The second-order valence-corrected chi connectivity index (χ2v) is 5.21. The Morgan fingerprint density at radius 1 is 1.50 bits per heavy atom. The Labute approximate surface area is 106 Å². The van der Waals surface area contributed by atoms with E-state index < -0.39 is 0 Å². The zero-order chi connectivity index (χ0) is 11.5. The van der Waals surface area contributed by atoms with Crippen LogP contribution in [0.5, 0.6) is 0 Å². The average molecular weight is 299 g/mol. The summed E-state index contributed by atoms with van der Waals surface area (Å²) in [6.45, 7) is 0.521. The Hall–Kier alpha value is -0.850. The van der Waals surface area contributed by atoms with Crippen molar-refractivity contribution in [1.82, 2.24) is 14.8 Å². The van der Waals surface area contributed by atoms with Crippen LogP contribution in [0.4, 0.5) is 0 Å². The smallest absolute Gasteiger partial charge is 0.195 e. The molecule has 2 N–H and O–H groups in total. The molecular formula is C10H11BrN4S. The highest BCUT2D eigenvalue weighted by atomic mass is 79.9. The Morgan fingerprint density at radius 3 is 2.94 bits per heavy atom. The quantitative estimate of drug-likeness (QED) is 0.944. The topological polar surface area (TPSA) is 56.7 Å². The van der Waals surface area contributed by atoms with Gasteiger partial charge in [0.15, 0.2) is 5.16 Å². The normalized spacial score (nSPS) is 10.7. The van der Waals surface area contributed by atoms with E-state index in [0.717, 1.165) is 20.1 Å². The van der Waals surface area contributed by atoms with Crippen LogP contribution in [0.25, 0.3) is 0 Å². The molecule has 0 bridgehead atoms. The highest BCUT2D eigenvalue weighted by Crippen LogP contribution is 2.30. The fourth-order valence-electron chi connectivity index (χ4n) is 1.26. The number of nitrogens with two attached hydrogens (primary N) is 1. The number of benzene rings is 1. The predicted molar refractivity (Wildman–Crippen MR) is 67.2 cm³/mol. The number of aromatic nitrogens is 3. The van der Waals surface area contributed by atoms with Gasteiger partial charge in [-0.05, 0) is 29.5 Å². The first-order valence-electron chi connectivity index (χ1n) is 4.71. The summed E-state index contributed by atoms with van der Waals surface area (Å²) in [6, 6.07) is 6.05. The summed E-state index contributed by atoms with van der Waals surface area (Å²) in [5.74, 6) is 0. The third-order valence-electron chi connectivity index (χ3n) is 2.12. The highest BCUT2D eigenvalue weighted by molar-refractivity contribution is 9.10. The molecule has 84 valence electrons. The monoisotopic (exact) mass is 298 g/mol. The molecule has 2 rings (SSSR count). The van der Waals surface area contributed by atoms with E-state index in [2.05, 4.69) is 26.1 Å². The molecule has 0 spiro atoms. The highest BCUT2D eigenvalue weighted by Gasteiger charge is 2.08. The van der Waals surface area contributed by atoms with Crippen molar-refractivity contribution >= 4 is 27.7 Å². The lowest BCUT2D eigenvalue weighted by atomic mass is 10.2. The summed E-state index contributed by atoms with van der Waals surface area (Å²) in [5.41, 5.74) is 6.80. The summed E-state index contributed by atoms with van der Waals surface area (Å²) in [7, 11) is 1.92. The lowest BCUT2D eigenvalue weighted by molar-refractivity contribution is 0.788. The second kappa shape index (κ2) is 4.99. The van der Waals surface area contributed by atoms with E-state index >= 15 is 0 Å². The molecule has 0 aliphatic carbocycles. The van der Waals surface area contributed by atoms with Crippen molar-refractivity contribution in [1.29, 1.82) is 0 Å². The summed E-state index contributed by atoms with van der Waals surface area (Å²) in [5, 5.41) is 8.74. The van der Waals surface area contributed by atoms with Gasteiger partial charge < -0.3 is 10.3 Å². The Balaban J connectivity index is 2.33. The minimum Gasteiger partial charge on any atom is -0.326 e. The molecule has 0 fully saturated rings. The summed E-state index contributed by atoms with van der Waals surface area (Å²) in [4.78, 5) is 1.10. The molecule has 0 aliphatic heterocycles. The maximum Gasteiger partial charge on any atom is 0.195 e. The zero-order valence-electron chi connectivity index (χ0n) is 8.72. The van der Waals surface area contributed by atoms with Crippen molar-refractivity contribution in [3.8, 4) is 0 Å². The van der Waals surface area contributed by atoms with Gasteiger partial charge in [0.2, 0.25) is 0 Å². The molecule has 0 saturated carbocycles. The molecule has 0 atom stereocenters. The molecule has 0 saturated heterocycles. The molecular weight excluding hydrogens is 288 g/mol. The first kappa shape index (κ1) is 11.6. The van der Waals surface area contributed by atoms with Crippen LogP contribution in [0.1, 0.15) is 5.56 Å². The molecule has 6 heteroatoms. The Morgan fingerprint density at radius 2 is 2.31 bits per heavy atom. The number of halogens is 1. The van der Waals surface area contributed by atoms with Gasteiger partial charge in [-0.2, -0.15) is 0 Å². The van der Waals surface area contributed by atoms with Crippen molar-refractivity contribution in [2.75, 3.05) is 0 Å². The van der Waals surface area contributed by atoms with E-state index in [-0.39, 0.29) is 0 Å². The van der Waals surface area contributed by atoms with Gasteiger partial charge in [0.1, 0.15) is 6.33 Å². The number of nitrogens with zero attached hydrogens (tertiary/aromatic N) is 3. The molecule has 1 heterocycles. The van der Waals surface area contributed by atoms with Crippen LogP contribution < -0.4 is 5.73 Å². The molecule has 4 nitrogen and oxygen atoms in total.